The normalized spacial score (nSPS) is 15.3. The van der Waals surface area contributed by atoms with Gasteiger partial charge in [-0.25, -0.2) is 0 Å². The van der Waals surface area contributed by atoms with Gasteiger partial charge in [0.25, 0.3) is 0 Å². The third-order valence-corrected chi connectivity index (χ3v) is 8.39. The summed E-state index contributed by atoms with van der Waals surface area (Å²) in [5.74, 6) is 0. The summed E-state index contributed by atoms with van der Waals surface area (Å²) in [6.07, 6.45) is 23.5. The Kier molecular flexibility index (Phi) is 28.9. The Morgan fingerprint density at radius 1 is 0.568 bits per heavy atom. The maximum absolute atomic E-state index is 5.99. The van der Waals surface area contributed by atoms with Gasteiger partial charge in [0.15, 0.2) is 0 Å². The Bertz CT molecular complexity index is 474. The molecule has 0 amide bonds. The lowest BCUT2D eigenvalue weighted by Gasteiger charge is -2.19. The van der Waals surface area contributed by atoms with Gasteiger partial charge in [0, 0.05) is 22.5 Å². The molecule has 4 unspecified atom stereocenters. The number of alkyl halides is 2. The average molecular weight is 657 g/mol. The van der Waals surface area contributed by atoms with E-state index in [1.165, 1.54) is 25.7 Å². The zero-order valence-corrected chi connectivity index (χ0v) is 27.3. The summed E-state index contributed by atoms with van der Waals surface area (Å²) in [4.78, 5) is 1.08. The molecule has 0 aliphatic heterocycles. The van der Waals surface area contributed by atoms with Gasteiger partial charge in [-0.05, 0) is 76.4 Å². The van der Waals surface area contributed by atoms with Crippen LogP contribution in [-0.2, 0) is 23.7 Å². The Morgan fingerprint density at radius 3 is 1.38 bits per heavy atom. The van der Waals surface area contributed by atoms with Crippen LogP contribution in [0.4, 0.5) is 0 Å². The van der Waals surface area contributed by atoms with Crippen molar-refractivity contribution in [1.82, 2.24) is 0 Å². The highest BCUT2D eigenvalue weighted by Gasteiger charge is 2.13. The van der Waals surface area contributed by atoms with Crippen LogP contribution in [0.3, 0.4) is 0 Å². The van der Waals surface area contributed by atoms with Crippen molar-refractivity contribution in [2.24, 2.45) is 0 Å². The van der Waals surface area contributed by atoms with Gasteiger partial charge in [-0.15, -0.1) is 0 Å². The van der Waals surface area contributed by atoms with Crippen LogP contribution in [0.2, 0.25) is 0 Å². The van der Waals surface area contributed by atoms with Gasteiger partial charge in [-0.3, -0.25) is 0 Å². The van der Waals surface area contributed by atoms with Crippen molar-refractivity contribution in [2.45, 2.75) is 139 Å². The molecule has 0 aliphatic carbocycles. The van der Waals surface area contributed by atoms with Gasteiger partial charge in [0.05, 0.1) is 25.7 Å². The van der Waals surface area contributed by atoms with Crippen LogP contribution in [-0.4, -0.2) is 48.7 Å². The van der Waals surface area contributed by atoms with Crippen LogP contribution in [0, 0.1) is 0 Å². The van der Waals surface area contributed by atoms with Crippen LogP contribution in [0.5, 0.6) is 0 Å². The van der Waals surface area contributed by atoms with E-state index < -0.39 is 0 Å². The van der Waals surface area contributed by atoms with E-state index in [0.717, 1.165) is 64.2 Å². The Hall–Kier alpha value is -0.0800. The van der Waals surface area contributed by atoms with Crippen molar-refractivity contribution in [3.05, 3.63) is 24.7 Å². The van der Waals surface area contributed by atoms with Crippen LogP contribution in [0.15, 0.2) is 24.7 Å². The first-order chi connectivity index (χ1) is 18.1. The molecule has 0 aliphatic rings. The molecule has 0 aromatic heterocycles. The number of hydrogen-bond acceptors (Lipinski definition) is 5. The van der Waals surface area contributed by atoms with Gasteiger partial charge in [-0.1, -0.05) is 72.4 Å². The SMILES string of the molecule is CCCCC=COC(CCOCOCOCCC(CCC(Br)CC)OC=CCCCC)CCC(Br)CC. The predicted octanol–water partition coefficient (Wildman–Crippen LogP) is 9.82. The molecule has 0 aromatic carbocycles. The van der Waals surface area contributed by atoms with E-state index in [-0.39, 0.29) is 25.8 Å². The summed E-state index contributed by atoms with van der Waals surface area (Å²) in [6.45, 7) is 10.5. The van der Waals surface area contributed by atoms with Crippen molar-refractivity contribution in [3.8, 4) is 0 Å². The van der Waals surface area contributed by atoms with Crippen LogP contribution in [0.1, 0.15) is 118 Å². The quantitative estimate of drug-likeness (QED) is 0.0363. The third kappa shape index (κ3) is 25.9. The second-order valence-electron chi connectivity index (χ2n) is 9.54. The molecule has 0 radical (unpaired) electrons. The highest BCUT2D eigenvalue weighted by Crippen LogP contribution is 2.18. The lowest BCUT2D eigenvalue weighted by Crippen LogP contribution is -2.17. The molecule has 220 valence electrons. The molecule has 37 heavy (non-hydrogen) atoms. The largest absolute Gasteiger partial charge is 0.498 e. The Balaban J connectivity index is 4.09. The maximum Gasteiger partial charge on any atom is 0.149 e. The van der Waals surface area contributed by atoms with Crippen LogP contribution in [0.25, 0.3) is 0 Å². The summed E-state index contributed by atoms with van der Waals surface area (Å²) in [6, 6.07) is 0. The zero-order chi connectivity index (χ0) is 27.4. The van der Waals surface area contributed by atoms with Gasteiger partial charge in [0.2, 0.25) is 0 Å². The smallest absolute Gasteiger partial charge is 0.149 e. The van der Waals surface area contributed by atoms with Crippen molar-refractivity contribution < 1.29 is 23.7 Å². The fourth-order valence-electron chi connectivity index (χ4n) is 3.52. The molecule has 5 nitrogen and oxygen atoms in total. The van der Waals surface area contributed by atoms with Gasteiger partial charge in [-0.2, -0.15) is 0 Å². The second-order valence-corrected chi connectivity index (χ2v) is 12.1. The first-order valence-electron chi connectivity index (χ1n) is 14.7. The minimum absolute atomic E-state index is 0.167. The molecule has 0 saturated heterocycles. The number of allylic oxidation sites excluding steroid dienone is 2. The molecular formula is C30H56Br2O5. The maximum atomic E-state index is 5.99. The minimum Gasteiger partial charge on any atom is -0.498 e. The molecular weight excluding hydrogens is 600 g/mol. The topological polar surface area (TPSA) is 46.2 Å². The van der Waals surface area contributed by atoms with Crippen LogP contribution >= 0.6 is 31.9 Å². The van der Waals surface area contributed by atoms with Crippen molar-refractivity contribution in [2.75, 3.05) is 26.8 Å². The molecule has 0 aromatic rings. The van der Waals surface area contributed by atoms with E-state index >= 15 is 0 Å². The van der Waals surface area contributed by atoms with Crippen molar-refractivity contribution >= 4 is 31.9 Å². The third-order valence-electron chi connectivity index (χ3n) is 6.17. The molecule has 0 spiro atoms. The summed E-state index contributed by atoms with van der Waals surface area (Å²) in [5, 5.41) is 0. The summed E-state index contributed by atoms with van der Waals surface area (Å²) in [7, 11) is 0. The van der Waals surface area contributed by atoms with Crippen molar-refractivity contribution in [1.29, 1.82) is 0 Å². The molecule has 0 fully saturated rings. The number of ether oxygens (including phenoxy) is 5. The Labute approximate surface area is 245 Å². The molecule has 0 rings (SSSR count). The van der Waals surface area contributed by atoms with Gasteiger partial charge in [0.1, 0.15) is 25.8 Å². The molecule has 0 saturated carbocycles. The van der Waals surface area contributed by atoms with E-state index in [2.05, 4.69) is 71.7 Å². The first-order valence-corrected chi connectivity index (χ1v) is 16.5. The molecule has 0 heterocycles. The molecule has 0 bridgehead atoms. The fourth-order valence-corrected chi connectivity index (χ4v) is 4.04. The lowest BCUT2D eigenvalue weighted by atomic mass is 10.1. The molecule has 0 N–H and O–H groups in total. The zero-order valence-electron chi connectivity index (χ0n) is 24.1. The standard InChI is InChI=1S/C30H56Br2O5/c1-5-9-11-13-21-36-29(17-15-27(31)7-3)19-23-33-25-35-26-34-24-20-30(18-16-28(32)8-4)37-22-14-12-10-6-2/h13-14,21-22,27-30H,5-12,15-20,23-26H2,1-4H3. The summed E-state index contributed by atoms with van der Waals surface area (Å²) >= 11 is 7.45. The molecule has 7 heteroatoms. The van der Waals surface area contributed by atoms with E-state index in [4.69, 9.17) is 23.7 Å². The van der Waals surface area contributed by atoms with E-state index in [1.807, 2.05) is 12.5 Å². The highest BCUT2D eigenvalue weighted by molar-refractivity contribution is 9.09. The summed E-state index contributed by atoms with van der Waals surface area (Å²) < 4.78 is 28.8. The van der Waals surface area contributed by atoms with Gasteiger partial charge < -0.3 is 23.7 Å². The predicted molar refractivity (Wildman–Crippen MR) is 164 cm³/mol. The van der Waals surface area contributed by atoms with Gasteiger partial charge >= 0.3 is 0 Å². The second kappa shape index (κ2) is 28.9. The highest BCUT2D eigenvalue weighted by atomic mass is 79.9. The Morgan fingerprint density at radius 2 is 1.00 bits per heavy atom. The lowest BCUT2D eigenvalue weighted by molar-refractivity contribution is -0.136. The number of unbranched alkanes of at least 4 members (excludes halogenated alkanes) is 4. The average Bonchev–Trinajstić information content (AvgIpc) is 2.91. The minimum atomic E-state index is 0.167. The number of halogens is 2. The van der Waals surface area contributed by atoms with E-state index in [9.17, 15) is 0 Å². The van der Waals surface area contributed by atoms with Crippen molar-refractivity contribution in [3.63, 3.8) is 0 Å². The monoisotopic (exact) mass is 654 g/mol. The van der Waals surface area contributed by atoms with E-state index in [0.29, 0.717) is 22.9 Å². The number of rotatable bonds is 28. The fraction of sp³-hybridized carbons (Fsp3) is 0.867. The van der Waals surface area contributed by atoms with Crippen LogP contribution < -0.4 is 0 Å². The summed E-state index contributed by atoms with van der Waals surface area (Å²) in [5.41, 5.74) is 0. The van der Waals surface area contributed by atoms with E-state index in [1.54, 1.807) is 0 Å². The number of hydrogen-bond donors (Lipinski definition) is 0. The first kappa shape index (κ1) is 36.9. The molecule has 4 atom stereocenters.